The maximum atomic E-state index is 6.60. The Morgan fingerprint density at radius 2 is 0.850 bits per heavy atom. The van der Waals surface area contributed by atoms with Crippen LogP contribution in [0.15, 0.2) is 132 Å². The number of hydrogen-bond acceptors (Lipinski definition) is 7. The van der Waals surface area contributed by atoms with Gasteiger partial charge in [-0.15, -0.1) is 10.2 Å². The standard InChI is InChI=1S/C33H32N2O5/c1-5-13-25(14-6-1)21-36-29-30(37-22-26-15-7-2-8-16-26)32(39-24-28-19-11-4-12-20-28)40-33(34-35-33)31(29)38-23-27-17-9-3-10-18-27/h1-20,29-32H,21-24H2/t29-,30-,31+,32-/m0/s1. The van der Waals surface area contributed by atoms with Crippen LogP contribution in [0.1, 0.15) is 22.3 Å². The first kappa shape index (κ1) is 26.5. The number of ether oxygens (including phenoxy) is 5. The molecule has 40 heavy (non-hydrogen) atoms. The van der Waals surface area contributed by atoms with Crippen LogP contribution in [-0.2, 0) is 50.1 Å². The Balaban J connectivity index is 1.28. The molecule has 0 radical (unpaired) electrons. The molecule has 4 aromatic rings. The minimum absolute atomic E-state index is 0.341. The third-order valence-corrected chi connectivity index (χ3v) is 6.95. The lowest BCUT2D eigenvalue weighted by Gasteiger charge is -2.44. The Bertz CT molecular complexity index is 1350. The summed E-state index contributed by atoms with van der Waals surface area (Å²) in [6.45, 7) is 1.42. The molecule has 0 saturated carbocycles. The van der Waals surface area contributed by atoms with Crippen LogP contribution < -0.4 is 0 Å². The highest BCUT2D eigenvalue weighted by atomic mass is 16.7. The monoisotopic (exact) mass is 536 g/mol. The van der Waals surface area contributed by atoms with Crippen molar-refractivity contribution in [2.75, 3.05) is 0 Å². The molecule has 7 nitrogen and oxygen atoms in total. The topological polar surface area (TPSA) is 70.9 Å². The molecule has 0 unspecified atom stereocenters. The summed E-state index contributed by atoms with van der Waals surface area (Å²) in [7, 11) is 0. The van der Waals surface area contributed by atoms with Gasteiger partial charge in [0.1, 0.15) is 12.2 Å². The highest BCUT2D eigenvalue weighted by molar-refractivity contribution is 5.17. The van der Waals surface area contributed by atoms with E-state index < -0.39 is 30.5 Å². The van der Waals surface area contributed by atoms with Gasteiger partial charge in [-0.2, -0.15) is 0 Å². The fraction of sp³-hybridized carbons (Fsp3) is 0.273. The van der Waals surface area contributed by atoms with Gasteiger partial charge in [0.05, 0.1) is 26.4 Å². The van der Waals surface area contributed by atoms with Crippen LogP contribution in [0.5, 0.6) is 0 Å². The van der Waals surface area contributed by atoms with Crippen LogP contribution in [0.2, 0.25) is 0 Å². The SMILES string of the molecule is c1ccc(CO[C@H]2OC3(N=N3)[C@H](OCc3ccccc3)[C@@H](OCc3ccccc3)[C@@H]2OCc2ccccc2)cc1. The first-order valence-corrected chi connectivity index (χ1v) is 13.5. The second-order valence-corrected chi connectivity index (χ2v) is 9.88. The van der Waals surface area contributed by atoms with Gasteiger partial charge in [-0.3, -0.25) is 4.74 Å². The predicted octanol–water partition coefficient (Wildman–Crippen LogP) is 6.44. The molecule has 0 aliphatic carbocycles. The zero-order valence-electron chi connectivity index (χ0n) is 22.1. The third-order valence-electron chi connectivity index (χ3n) is 6.95. The van der Waals surface area contributed by atoms with Crippen molar-refractivity contribution in [1.29, 1.82) is 0 Å². The third kappa shape index (κ3) is 6.53. The summed E-state index contributed by atoms with van der Waals surface area (Å²) in [5.74, 6) is -1.20. The minimum atomic E-state index is -1.20. The Labute approximate surface area is 234 Å². The van der Waals surface area contributed by atoms with Crippen molar-refractivity contribution in [3.8, 4) is 0 Å². The first-order valence-electron chi connectivity index (χ1n) is 13.5. The molecule has 1 spiro atoms. The summed E-state index contributed by atoms with van der Waals surface area (Å²) in [4.78, 5) is 0. The van der Waals surface area contributed by atoms with Crippen molar-refractivity contribution < 1.29 is 23.7 Å². The molecule has 2 heterocycles. The summed E-state index contributed by atoms with van der Waals surface area (Å²) in [6, 6.07) is 40.0. The molecule has 4 aromatic carbocycles. The Morgan fingerprint density at radius 1 is 0.475 bits per heavy atom. The van der Waals surface area contributed by atoms with Crippen LogP contribution >= 0.6 is 0 Å². The molecular formula is C33H32N2O5. The van der Waals surface area contributed by atoms with Crippen molar-refractivity contribution in [2.24, 2.45) is 10.2 Å². The fourth-order valence-electron chi connectivity index (χ4n) is 4.79. The molecular weight excluding hydrogens is 504 g/mol. The van der Waals surface area contributed by atoms with Gasteiger partial charge in [-0.25, -0.2) is 0 Å². The van der Waals surface area contributed by atoms with Crippen LogP contribution in [-0.4, -0.2) is 30.5 Å². The zero-order valence-corrected chi connectivity index (χ0v) is 22.1. The molecule has 1 saturated heterocycles. The normalized spacial score (nSPS) is 22.8. The van der Waals surface area contributed by atoms with Gasteiger partial charge < -0.3 is 18.9 Å². The van der Waals surface area contributed by atoms with Crippen molar-refractivity contribution in [1.82, 2.24) is 0 Å². The largest absolute Gasteiger partial charge is 0.368 e. The predicted molar refractivity (Wildman–Crippen MR) is 149 cm³/mol. The molecule has 0 aromatic heterocycles. The average Bonchev–Trinajstić information content (AvgIpc) is 3.79. The van der Waals surface area contributed by atoms with E-state index in [0.29, 0.717) is 26.4 Å². The highest BCUT2D eigenvalue weighted by Crippen LogP contribution is 2.45. The lowest BCUT2D eigenvalue weighted by Crippen LogP contribution is -2.62. The van der Waals surface area contributed by atoms with E-state index in [-0.39, 0.29) is 0 Å². The Morgan fingerprint density at radius 3 is 1.27 bits per heavy atom. The van der Waals surface area contributed by atoms with Crippen LogP contribution in [0, 0.1) is 0 Å². The Hall–Kier alpha value is -3.72. The van der Waals surface area contributed by atoms with Gasteiger partial charge in [0.15, 0.2) is 12.4 Å². The van der Waals surface area contributed by atoms with Gasteiger partial charge in [-0.1, -0.05) is 121 Å². The maximum Gasteiger partial charge on any atom is 0.324 e. The molecule has 4 atom stereocenters. The van der Waals surface area contributed by atoms with Gasteiger partial charge in [0, 0.05) is 0 Å². The molecule has 6 rings (SSSR count). The minimum Gasteiger partial charge on any atom is -0.368 e. The van der Waals surface area contributed by atoms with Crippen LogP contribution in [0.25, 0.3) is 0 Å². The van der Waals surface area contributed by atoms with Crippen LogP contribution in [0.3, 0.4) is 0 Å². The first-order chi connectivity index (χ1) is 19.8. The number of benzene rings is 4. The lowest BCUT2D eigenvalue weighted by atomic mass is 9.99. The fourth-order valence-corrected chi connectivity index (χ4v) is 4.79. The molecule has 1 fully saturated rings. The van der Waals surface area contributed by atoms with E-state index >= 15 is 0 Å². The van der Waals surface area contributed by atoms with E-state index in [0.717, 1.165) is 22.3 Å². The summed E-state index contributed by atoms with van der Waals surface area (Å²) in [6.07, 6.45) is -2.59. The molecule has 2 aliphatic heterocycles. The van der Waals surface area contributed by atoms with Gasteiger partial charge in [-0.05, 0) is 22.3 Å². The van der Waals surface area contributed by atoms with E-state index in [9.17, 15) is 0 Å². The number of nitrogens with zero attached hydrogens (tertiary/aromatic N) is 2. The zero-order chi connectivity index (χ0) is 27.0. The van der Waals surface area contributed by atoms with Crippen molar-refractivity contribution in [3.63, 3.8) is 0 Å². The van der Waals surface area contributed by atoms with E-state index in [1.807, 2.05) is 121 Å². The number of hydrogen-bond donors (Lipinski definition) is 0. The maximum absolute atomic E-state index is 6.60. The summed E-state index contributed by atoms with van der Waals surface area (Å²) in [5, 5.41) is 8.62. The van der Waals surface area contributed by atoms with Crippen molar-refractivity contribution in [2.45, 2.75) is 56.9 Å². The summed E-state index contributed by atoms with van der Waals surface area (Å²) < 4.78 is 32.3. The van der Waals surface area contributed by atoms with Gasteiger partial charge in [0.25, 0.3) is 0 Å². The highest BCUT2D eigenvalue weighted by Gasteiger charge is 2.64. The molecule has 7 heteroatoms. The lowest BCUT2D eigenvalue weighted by molar-refractivity contribution is -0.338. The Kier molecular flexibility index (Phi) is 8.37. The van der Waals surface area contributed by atoms with Crippen LogP contribution in [0.4, 0.5) is 0 Å². The summed E-state index contributed by atoms with van der Waals surface area (Å²) >= 11 is 0. The van der Waals surface area contributed by atoms with Gasteiger partial charge >= 0.3 is 5.85 Å². The molecule has 204 valence electrons. The van der Waals surface area contributed by atoms with Crippen molar-refractivity contribution >= 4 is 0 Å². The molecule has 0 N–H and O–H groups in total. The number of rotatable bonds is 12. The quantitative estimate of drug-likeness (QED) is 0.209. The molecule has 0 amide bonds. The van der Waals surface area contributed by atoms with E-state index in [1.54, 1.807) is 0 Å². The van der Waals surface area contributed by atoms with Gasteiger partial charge in [0.2, 0.25) is 0 Å². The van der Waals surface area contributed by atoms with E-state index in [1.165, 1.54) is 0 Å². The van der Waals surface area contributed by atoms with Crippen molar-refractivity contribution in [3.05, 3.63) is 144 Å². The average molecular weight is 537 g/mol. The smallest absolute Gasteiger partial charge is 0.324 e. The summed E-state index contributed by atoms with van der Waals surface area (Å²) in [5.41, 5.74) is 4.13. The molecule has 2 aliphatic rings. The second kappa shape index (κ2) is 12.6. The van der Waals surface area contributed by atoms with E-state index in [2.05, 4.69) is 10.2 Å². The van der Waals surface area contributed by atoms with E-state index in [4.69, 9.17) is 23.7 Å². The second-order valence-electron chi connectivity index (χ2n) is 9.88. The molecule has 0 bridgehead atoms.